The van der Waals surface area contributed by atoms with Crippen molar-refractivity contribution in [2.75, 3.05) is 106 Å². The fourth-order valence-electron chi connectivity index (χ4n) is 4.59. The van der Waals surface area contributed by atoms with Crippen LogP contribution in [0.5, 0.6) is 0 Å². The molecule has 0 aliphatic carbocycles. The van der Waals surface area contributed by atoms with Crippen molar-refractivity contribution in [2.24, 2.45) is 0 Å². The molecule has 0 aromatic carbocycles. The van der Waals surface area contributed by atoms with Crippen LogP contribution >= 0.6 is 0 Å². The van der Waals surface area contributed by atoms with Gasteiger partial charge in [0.15, 0.2) is 0 Å². The number of hydrogen-bond donors (Lipinski definition) is 2. The van der Waals surface area contributed by atoms with Crippen molar-refractivity contribution >= 4 is 0 Å². The summed E-state index contributed by atoms with van der Waals surface area (Å²) in [5, 5.41) is 7.24. The van der Waals surface area contributed by atoms with Crippen molar-refractivity contribution in [1.29, 1.82) is 0 Å². The van der Waals surface area contributed by atoms with E-state index in [0.717, 1.165) is 0 Å². The molecule has 2 N–H and O–H groups in total. The average molecular weight is 411 g/mol. The second-order valence-electron chi connectivity index (χ2n) is 9.26. The summed E-state index contributed by atoms with van der Waals surface area (Å²) in [5.74, 6) is 0. The zero-order valence-electron chi connectivity index (χ0n) is 19.6. The van der Waals surface area contributed by atoms with E-state index in [1.54, 1.807) is 0 Å². The minimum atomic E-state index is 1.17. The number of rotatable bonds is 4. The first-order chi connectivity index (χ1) is 14.2. The average Bonchev–Trinajstić information content (AvgIpc) is 2.69. The van der Waals surface area contributed by atoms with Gasteiger partial charge in [0.05, 0.1) is 0 Å². The molecular formula is C23H50N6. The summed E-state index contributed by atoms with van der Waals surface area (Å²) in [6.07, 6.45) is 9.07. The standard InChI is InChI=1S/C23H50N6/c1-26-14-3-10-24-12-5-18-28(20-7-16-26)22-9-23-29-19-6-13-25-11-4-15-27(2)17-8-21-29/h24-25H,3-23H2,1-2H3. The van der Waals surface area contributed by atoms with Gasteiger partial charge in [0.2, 0.25) is 0 Å². The lowest BCUT2D eigenvalue weighted by atomic mass is 10.2. The van der Waals surface area contributed by atoms with Crippen LogP contribution in [0.1, 0.15) is 44.9 Å². The van der Waals surface area contributed by atoms with E-state index in [0.29, 0.717) is 0 Å². The molecule has 0 radical (unpaired) electrons. The van der Waals surface area contributed by atoms with Gasteiger partial charge in [-0.1, -0.05) is 0 Å². The highest BCUT2D eigenvalue weighted by Gasteiger charge is 2.11. The highest BCUT2D eigenvalue weighted by atomic mass is 15.2. The van der Waals surface area contributed by atoms with Crippen LogP contribution in [0.3, 0.4) is 0 Å². The first kappa shape index (κ1) is 25.0. The highest BCUT2D eigenvalue weighted by Crippen LogP contribution is 2.04. The number of hydrogen-bond acceptors (Lipinski definition) is 6. The molecule has 0 aromatic rings. The lowest BCUT2D eigenvalue weighted by molar-refractivity contribution is 0.201. The lowest BCUT2D eigenvalue weighted by Gasteiger charge is -2.28. The normalized spacial score (nSPS) is 25.4. The van der Waals surface area contributed by atoms with E-state index in [-0.39, 0.29) is 0 Å². The molecule has 2 saturated heterocycles. The SMILES string of the molecule is CN1CCCNCCCN(CCCN2CCCNCCCN(C)CCC2)CCC1. The summed E-state index contributed by atoms with van der Waals surface area (Å²) >= 11 is 0. The third-order valence-electron chi connectivity index (χ3n) is 6.42. The Morgan fingerprint density at radius 1 is 0.483 bits per heavy atom. The van der Waals surface area contributed by atoms with Crippen molar-refractivity contribution < 1.29 is 0 Å². The second kappa shape index (κ2) is 16.5. The van der Waals surface area contributed by atoms with E-state index in [2.05, 4.69) is 44.3 Å². The molecule has 0 bridgehead atoms. The van der Waals surface area contributed by atoms with Crippen LogP contribution < -0.4 is 10.6 Å². The maximum Gasteiger partial charge on any atom is -0.000653 e. The first-order valence-corrected chi connectivity index (χ1v) is 12.5. The van der Waals surface area contributed by atoms with E-state index in [1.807, 2.05) is 0 Å². The van der Waals surface area contributed by atoms with Crippen molar-refractivity contribution in [3.63, 3.8) is 0 Å². The summed E-state index contributed by atoms with van der Waals surface area (Å²) in [5.41, 5.74) is 0. The smallest absolute Gasteiger partial charge is 0.000653 e. The fourth-order valence-corrected chi connectivity index (χ4v) is 4.59. The van der Waals surface area contributed by atoms with Gasteiger partial charge in [-0.05, 0) is 151 Å². The van der Waals surface area contributed by atoms with Crippen molar-refractivity contribution in [2.45, 2.75) is 44.9 Å². The topological polar surface area (TPSA) is 37.0 Å². The van der Waals surface area contributed by atoms with Gasteiger partial charge in [0.1, 0.15) is 0 Å². The van der Waals surface area contributed by atoms with E-state index in [1.165, 1.54) is 137 Å². The summed E-state index contributed by atoms with van der Waals surface area (Å²) in [7, 11) is 4.55. The van der Waals surface area contributed by atoms with Gasteiger partial charge in [-0.2, -0.15) is 0 Å². The van der Waals surface area contributed by atoms with Gasteiger partial charge < -0.3 is 30.2 Å². The molecule has 172 valence electrons. The fraction of sp³-hybridized carbons (Fsp3) is 1.00. The summed E-state index contributed by atoms with van der Waals surface area (Å²) in [6.45, 7) is 17.2. The predicted octanol–water partition coefficient (Wildman–Crippen LogP) is 1.39. The molecule has 2 aliphatic rings. The number of nitrogens with one attached hydrogen (secondary N) is 2. The number of nitrogens with zero attached hydrogens (tertiary/aromatic N) is 4. The minimum absolute atomic E-state index is 1.17. The molecule has 0 spiro atoms. The molecule has 2 aliphatic heterocycles. The molecule has 0 saturated carbocycles. The van der Waals surface area contributed by atoms with Crippen LogP contribution in [-0.4, -0.2) is 125 Å². The van der Waals surface area contributed by atoms with E-state index in [9.17, 15) is 0 Å². The monoisotopic (exact) mass is 410 g/mol. The molecule has 2 rings (SSSR count). The first-order valence-electron chi connectivity index (χ1n) is 12.5. The lowest BCUT2D eigenvalue weighted by Crippen LogP contribution is -2.37. The molecule has 0 atom stereocenters. The zero-order valence-corrected chi connectivity index (χ0v) is 19.6. The van der Waals surface area contributed by atoms with Gasteiger partial charge in [0, 0.05) is 0 Å². The van der Waals surface area contributed by atoms with Gasteiger partial charge >= 0.3 is 0 Å². The largest absolute Gasteiger partial charge is 0.317 e. The van der Waals surface area contributed by atoms with Crippen molar-refractivity contribution in [3.8, 4) is 0 Å². The van der Waals surface area contributed by atoms with E-state index in [4.69, 9.17) is 0 Å². The molecule has 29 heavy (non-hydrogen) atoms. The molecule has 0 unspecified atom stereocenters. The van der Waals surface area contributed by atoms with Crippen LogP contribution in [0.25, 0.3) is 0 Å². The maximum absolute atomic E-state index is 3.62. The zero-order chi connectivity index (χ0) is 20.6. The molecule has 2 fully saturated rings. The van der Waals surface area contributed by atoms with Crippen LogP contribution in [-0.2, 0) is 0 Å². The maximum atomic E-state index is 3.62. The Kier molecular flexibility index (Phi) is 14.2. The third-order valence-corrected chi connectivity index (χ3v) is 6.42. The molecule has 0 amide bonds. The van der Waals surface area contributed by atoms with Gasteiger partial charge in [0.25, 0.3) is 0 Å². The molecule has 0 aromatic heterocycles. The Morgan fingerprint density at radius 3 is 1.28 bits per heavy atom. The molecular weight excluding hydrogens is 360 g/mol. The Labute approximate surface area is 181 Å². The summed E-state index contributed by atoms with van der Waals surface area (Å²) in [6, 6.07) is 0. The summed E-state index contributed by atoms with van der Waals surface area (Å²) < 4.78 is 0. The molecule has 6 nitrogen and oxygen atoms in total. The second-order valence-corrected chi connectivity index (χ2v) is 9.26. The van der Waals surface area contributed by atoms with Crippen LogP contribution in [0, 0.1) is 0 Å². The third kappa shape index (κ3) is 12.9. The summed E-state index contributed by atoms with van der Waals surface area (Å²) in [4.78, 5) is 10.5. The van der Waals surface area contributed by atoms with Crippen LogP contribution in [0.15, 0.2) is 0 Å². The van der Waals surface area contributed by atoms with Crippen molar-refractivity contribution in [3.05, 3.63) is 0 Å². The Balaban J connectivity index is 1.70. The Morgan fingerprint density at radius 2 is 0.828 bits per heavy atom. The predicted molar refractivity (Wildman–Crippen MR) is 126 cm³/mol. The van der Waals surface area contributed by atoms with Crippen LogP contribution in [0.4, 0.5) is 0 Å². The van der Waals surface area contributed by atoms with Gasteiger partial charge in [-0.25, -0.2) is 0 Å². The van der Waals surface area contributed by atoms with Gasteiger partial charge in [-0.3, -0.25) is 0 Å². The van der Waals surface area contributed by atoms with Crippen molar-refractivity contribution in [1.82, 2.24) is 30.2 Å². The Bertz CT molecular complexity index is 346. The quantitative estimate of drug-likeness (QED) is 0.730. The Hall–Kier alpha value is -0.240. The minimum Gasteiger partial charge on any atom is -0.317 e. The van der Waals surface area contributed by atoms with E-state index < -0.39 is 0 Å². The van der Waals surface area contributed by atoms with E-state index >= 15 is 0 Å². The molecule has 2 heterocycles. The van der Waals surface area contributed by atoms with Gasteiger partial charge in [-0.15, -0.1) is 0 Å². The molecule has 6 heteroatoms. The van der Waals surface area contributed by atoms with Crippen LogP contribution in [0.2, 0.25) is 0 Å². The highest BCUT2D eigenvalue weighted by molar-refractivity contribution is 4.68.